The Hall–Kier alpha value is -1.99. The maximum Gasteiger partial charge on any atom is 0.252 e. The summed E-state index contributed by atoms with van der Waals surface area (Å²) < 4.78 is 1.38. The van der Waals surface area contributed by atoms with E-state index in [-0.39, 0.29) is 11.8 Å². The summed E-state index contributed by atoms with van der Waals surface area (Å²) in [6, 6.07) is 7.95. The van der Waals surface area contributed by atoms with Gasteiger partial charge < -0.3 is 5.32 Å². The summed E-state index contributed by atoms with van der Waals surface area (Å²) in [4.78, 5) is 19.0. The minimum absolute atomic E-state index is 0.0658. The first-order valence-corrected chi connectivity index (χ1v) is 8.72. The molecule has 0 aromatic carbocycles. The van der Waals surface area contributed by atoms with Crippen LogP contribution in [-0.2, 0) is 6.54 Å². The molecule has 3 aromatic heterocycles. The first-order chi connectivity index (χ1) is 10.6. The Kier molecular flexibility index (Phi) is 4.35. The molecule has 0 fully saturated rings. The molecule has 0 spiro atoms. The molecule has 22 heavy (non-hydrogen) atoms. The average molecular weight is 332 g/mol. The Morgan fingerprint density at radius 2 is 2.05 bits per heavy atom. The maximum absolute atomic E-state index is 12.3. The van der Waals surface area contributed by atoms with E-state index in [1.54, 1.807) is 22.7 Å². The standard InChI is InChI=1S/C15H16N4OS2/c1-10(2)14(20)19-15(16-9-11-5-3-7-21-11)17-13(18-19)12-6-4-8-22-12/h3-8,10H,9H2,1-2H3,(H,16,17,18). The van der Waals surface area contributed by atoms with E-state index in [0.717, 1.165) is 4.88 Å². The summed E-state index contributed by atoms with van der Waals surface area (Å²) >= 11 is 3.22. The quantitative estimate of drug-likeness (QED) is 0.768. The van der Waals surface area contributed by atoms with Gasteiger partial charge in [0.25, 0.3) is 5.91 Å². The molecule has 114 valence electrons. The number of carbonyl (C=O) groups is 1. The van der Waals surface area contributed by atoms with Crippen molar-refractivity contribution in [2.75, 3.05) is 5.32 Å². The molecule has 1 N–H and O–H groups in total. The Bertz CT molecular complexity index is 745. The van der Waals surface area contributed by atoms with Crippen molar-refractivity contribution in [1.82, 2.24) is 14.8 Å². The fourth-order valence-electron chi connectivity index (χ4n) is 1.91. The molecule has 0 amide bonds. The second kappa shape index (κ2) is 6.41. The van der Waals surface area contributed by atoms with E-state index in [9.17, 15) is 4.79 Å². The molecule has 0 atom stereocenters. The molecule has 0 aliphatic heterocycles. The normalized spacial score (nSPS) is 11.0. The maximum atomic E-state index is 12.3. The molecular weight excluding hydrogens is 316 g/mol. The fraction of sp³-hybridized carbons (Fsp3) is 0.267. The van der Waals surface area contributed by atoms with Crippen LogP contribution < -0.4 is 5.32 Å². The van der Waals surface area contributed by atoms with Crippen LogP contribution in [0.25, 0.3) is 10.7 Å². The van der Waals surface area contributed by atoms with Crippen LogP contribution in [0.1, 0.15) is 23.5 Å². The zero-order valence-electron chi connectivity index (χ0n) is 12.3. The van der Waals surface area contributed by atoms with Gasteiger partial charge in [0.15, 0.2) is 5.82 Å². The van der Waals surface area contributed by atoms with Gasteiger partial charge in [0.05, 0.1) is 11.4 Å². The van der Waals surface area contributed by atoms with Crippen molar-refractivity contribution in [3.63, 3.8) is 0 Å². The van der Waals surface area contributed by atoms with E-state index in [0.29, 0.717) is 18.3 Å². The zero-order valence-corrected chi connectivity index (χ0v) is 13.9. The van der Waals surface area contributed by atoms with E-state index in [1.165, 1.54) is 9.56 Å². The predicted molar refractivity (Wildman–Crippen MR) is 90.4 cm³/mol. The Labute approximate surface area is 136 Å². The van der Waals surface area contributed by atoms with Crippen LogP contribution in [-0.4, -0.2) is 20.7 Å². The first kappa shape index (κ1) is 14.9. The smallest absolute Gasteiger partial charge is 0.252 e. The average Bonchev–Trinajstić information content (AvgIpc) is 3.23. The predicted octanol–water partition coefficient (Wildman–Crippen LogP) is 3.98. The largest absolute Gasteiger partial charge is 0.349 e. The van der Waals surface area contributed by atoms with Crippen molar-refractivity contribution < 1.29 is 4.79 Å². The summed E-state index contributed by atoms with van der Waals surface area (Å²) in [7, 11) is 0. The van der Waals surface area contributed by atoms with Gasteiger partial charge in [-0.25, -0.2) is 0 Å². The molecule has 0 saturated carbocycles. The minimum Gasteiger partial charge on any atom is -0.349 e. The van der Waals surface area contributed by atoms with Crippen molar-refractivity contribution in [3.8, 4) is 10.7 Å². The second-order valence-corrected chi connectivity index (χ2v) is 7.05. The summed E-state index contributed by atoms with van der Waals surface area (Å²) in [5, 5.41) is 11.6. The molecule has 7 heteroatoms. The summed E-state index contributed by atoms with van der Waals surface area (Å²) in [6.07, 6.45) is 0. The van der Waals surface area contributed by atoms with Crippen LogP contribution in [0.5, 0.6) is 0 Å². The zero-order chi connectivity index (χ0) is 15.5. The molecule has 0 aliphatic carbocycles. The number of aromatic nitrogens is 3. The molecule has 0 bridgehead atoms. The molecule has 0 radical (unpaired) electrons. The third-order valence-electron chi connectivity index (χ3n) is 3.05. The van der Waals surface area contributed by atoms with Crippen molar-refractivity contribution in [3.05, 3.63) is 39.9 Å². The molecule has 3 aromatic rings. The molecule has 5 nitrogen and oxygen atoms in total. The van der Waals surface area contributed by atoms with Crippen LogP contribution in [0.2, 0.25) is 0 Å². The van der Waals surface area contributed by atoms with Gasteiger partial charge in [-0.3, -0.25) is 4.79 Å². The number of hydrogen-bond acceptors (Lipinski definition) is 6. The van der Waals surface area contributed by atoms with E-state index >= 15 is 0 Å². The summed E-state index contributed by atoms with van der Waals surface area (Å²) in [5.41, 5.74) is 0. The van der Waals surface area contributed by atoms with Crippen LogP contribution in [0, 0.1) is 5.92 Å². The van der Waals surface area contributed by atoms with Crippen LogP contribution in [0.15, 0.2) is 35.0 Å². The van der Waals surface area contributed by atoms with Gasteiger partial charge in [-0.1, -0.05) is 26.0 Å². The van der Waals surface area contributed by atoms with E-state index < -0.39 is 0 Å². The summed E-state index contributed by atoms with van der Waals surface area (Å²) in [5.74, 6) is 0.873. The number of nitrogens with zero attached hydrogens (tertiary/aromatic N) is 3. The number of rotatable bonds is 5. The molecule has 0 aliphatic rings. The lowest BCUT2D eigenvalue weighted by atomic mass is 10.2. The minimum atomic E-state index is -0.139. The number of carbonyl (C=O) groups excluding carboxylic acids is 1. The van der Waals surface area contributed by atoms with Crippen molar-refractivity contribution in [2.45, 2.75) is 20.4 Å². The Morgan fingerprint density at radius 3 is 2.68 bits per heavy atom. The fourth-order valence-corrected chi connectivity index (χ4v) is 3.21. The van der Waals surface area contributed by atoms with Crippen LogP contribution in [0.3, 0.4) is 0 Å². The second-order valence-electron chi connectivity index (χ2n) is 5.07. The topological polar surface area (TPSA) is 59.8 Å². The first-order valence-electron chi connectivity index (χ1n) is 6.96. The number of anilines is 1. The van der Waals surface area contributed by atoms with E-state index in [4.69, 9.17) is 0 Å². The molecule has 3 heterocycles. The lowest BCUT2D eigenvalue weighted by Gasteiger charge is -2.07. The van der Waals surface area contributed by atoms with Crippen molar-refractivity contribution in [1.29, 1.82) is 0 Å². The van der Waals surface area contributed by atoms with Gasteiger partial charge in [-0.05, 0) is 22.9 Å². The molecule has 0 unspecified atom stereocenters. The highest BCUT2D eigenvalue weighted by Gasteiger charge is 2.19. The third-order valence-corrected chi connectivity index (χ3v) is 4.79. The highest BCUT2D eigenvalue weighted by atomic mass is 32.1. The molecular formula is C15H16N4OS2. The Balaban J connectivity index is 1.90. The van der Waals surface area contributed by atoms with Crippen molar-refractivity contribution in [2.24, 2.45) is 5.92 Å². The van der Waals surface area contributed by atoms with Gasteiger partial charge in [0.1, 0.15) is 0 Å². The van der Waals surface area contributed by atoms with Gasteiger partial charge in [0.2, 0.25) is 5.95 Å². The van der Waals surface area contributed by atoms with Crippen molar-refractivity contribution >= 4 is 34.5 Å². The van der Waals surface area contributed by atoms with Gasteiger partial charge in [-0.2, -0.15) is 9.67 Å². The van der Waals surface area contributed by atoms with E-state index in [1.807, 2.05) is 48.9 Å². The Morgan fingerprint density at radius 1 is 1.27 bits per heavy atom. The highest BCUT2D eigenvalue weighted by Crippen LogP contribution is 2.23. The van der Waals surface area contributed by atoms with Crippen LogP contribution in [0.4, 0.5) is 5.95 Å². The van der Waals surface area contributed by atoms with Gasteiger partial charge >= 0.3 is 0 Å². The van der Waals surface area contributed by atoms with Crippen LogP contribution >= 0.6 is 22.7 Å². The molecule has 0 saturated heterocycles. The SMILES string of the molecule is CC(C)C(=O)n1nc(-c2cccs2)nc1NCc1cccs1. The lowest BCUT2D eigenvalue weighted by molar-refractivity contribution is 0.0841. The lowest BCUT2D eigenvalue weighted by Crippen LogP contribution is -2.21. The highest BCUT2D eigenvalue weighted by molar-refractivity contribution is 7.13. The van der Waals surface area contributed by atoms with Gasteiger partial charge in [-0.15, -0.1) is 27.8 Å². The monoisotopic (exact) mass is 332 g/mol. The number of thiophene rings is 2. The molecule has 3 rings (SSSR count). The third kappa shape index (κ3) is 3.10. The summed E-state index contributed by atoms with van der Waals surface area (Å²) in [6.45, 7) is 4.35. The van der Waals surface area contributed by atoms with Gasteiger partial charge in [0, 0.05) is 10.8 Å². The number of nitrogens with one attached hydrogen (secondary N) is 1. The number of hydrogen-bond donors (Lipinski definition) is 1. The van der Waals surface area contributed by atoms with E-state index in [2.05, 4.69) is 15.4 Å².